The number of carbonyl (C=O) groups excluding carboxylic acids is 1. The zero-order valence-electron chi connectivity index (χ0n) is 14.2. The number of carbonyl (C=O) groups is 1. The number of fused-ring (bicyclic) bond motifs is 1. The van der Waals surface area contributed by atoms with E-state index in [0.29, 0.717) is 24.1 Å². The smallest absolute Gasteiger partial charge is 0.317 e. The number of aromatic amines is 1. The Balaban J connectivity index is 1.56. The van der Waals surface area contributed by atoms with Crippen LogP contribution in [0.25, 0.3) is 11.0 Å². The second-order valence-electron chi connectivity index (χ2n) is 6.95. The lowest BCUT2D eigenvalue weighted by molar-refractivity contribution is 0.206. The third-order valence-corrected chi connectivity index (χ3v) is 5.19. The summed E-state index contributed by atoms with van der Waals surface area (Å²) in [6.07, 6.45) is 6.58. The lowest BCUT2D eigenvalue weighted by Gasteiger charge is -2.21. The Kier molecular flexibility index (Phi) is 3.96. The van der Waals surface area contributed by atoms with Crippen LogP contribution in [0.5, 0.6) is 0 Å². The second kappa shape index (κ2) is 6.28. The number of hydrogen-bond donors (Lipinski definition) is 3. The van der Waals surface area contributed by atoms with Gasteiger partial charge < -0.3 is 20.5 Å². The van der Waals surface area contributed by atoms with Crippen LogP contribution in [-0.4, -0.2) is 46.1 Å². The number of likely N-dealkylation sites (tertiary alicyclic amines) is 1. The van der Waals surface area contributed by atoms with Crippen molar-refractivity contribution in [2.75, 3.05) is 18.4 Å². The zero-order chi connectivity index (χ0) is 17.4. The first-order chi connectivity index (χ1) is 12.2. The number of anilines is 1. The molecule has 0 spiro atoms. The van der Waals surface area contributed by atoms with Crippen LogP contribution in [0.1, 0.15) is 31.7 Å². The number of nitriles is 1. The maximum atomic E-state index is 12.4. The van der Waals surface area contributed by atoms with E-state index in [2.05, 4.69) is 33.6 Å². The van der Waals surface area contributed by atoms with E-state index in [1.54, 1.807) is 6.20 Å². The van der Waals surface area contributed by atoms with Crippen molar-refractivity contribution in [3.63, 3.8) is 0 Å². The quantitative estimate of drug-likeness (QED) is 0.797. The van der Waals surface area contributed by atoms with Crippen LogP contribution < -0.4 is 10.6 Å². The van der Waals surface area contributed by atoms with Gasteiger partial charge in [-0.25, -0.2) is 9.78 Å². The highest BCUT2D eigenvalue weighted by atomic mass is 16.2. The Bertz CT molecular complexity index is 834. The van der Waals surface area contributed by atoms with Gasteiger partial charge in [-0.15, -0.1) is 0 Å². The second-order valence-corrected chi connectivity index (χ2v) is 6.95. The molecule has 7 nitrogen and oxygen atoms in total. The van der Waals surface area contributed by atoms with Crippen LogP contribution in [0.3, 0.4) is 0 Å². The summed E-state index contributed by atoms with van der Waals surface area (Å²) in [6.45, 7) is 3.54. The molecular weight excluding hydrogens is 316 g/mol. The molecule has 7 heteroatoms. The van der Waals surface area contributed by atoms with E-state index in [0.717, 1.165) is 42.5 Å². The number of pyridine rings is 1. The van der Waals surface area contributed by atoms with Crippen LogP contribution in [0.15, 0.2) is 18.5 Å². The molecule has 1 aliphatic carbocycles. The van der Waals surface area contributed by atoms with E-state index < -0.39 is 0 Å². The van der Waals surface area contributed by atoms with Crippen LogP contribution in [0.4, 0.5) is 10.5 Å². The number of H-pyrrole nitrogens is 1. The molecule has 2 aromatic heterocycles. The molecule has 2 atom stereocenters. The predicted molar refractivity (Wildman–Crippen MR) is 95.1 cm³/mol. The minimum atomic E-state index is 0.0345. The lowest BCUT2D eigenvalue weighted by atomic mass is 10.00. The van der Waals surface area contributed by atoms with Crippen molar-refractivity contribution in [1.82, 2.24) is 20.2 Å². The SMILES string of the molecule is CC[C@H]1CN(C(=O)NC2CC2)C[C@H]1Nc1c(C#N)cnc2[nH]ccc12. The standard InChI is InChI=1S/C18H22N6O/c1-2-11-9-24(18(25)22-13-3-4-13)10-15(11)23-16-12(7-19)8-21-17-14(16)5-6-20-17/h5-6,8,11,13,15H,2-4,9-10H2,1H3,(H,22,25)(H2,20,21,23)/t11-,15+/m0/s1. The molecule has 0 radical (unpaired) electrons. The van der Waals surface area contributed by atoms with Gasteiger partial charge in [-0.2, -0.15) is 5.26 Å². The summed E-state index contributed by atoms with van der Waals surface area (Å²) in [5.74, 6) is 0.360. The number of aromatic nitrogens is 2. The van der Waals surface area contributed by atoms with Crippen LogP contribution in [0, 0.1) is 17.2 Å². The van der Waals surface area contributed by atoms with Crippen molar-refractivity contribution in [3.05, 3.63) is 24.0 Å². The molecule has 2 aliphatic rings. The number of nitrogens with zero attached hydrogens (tertiary/aromatic N) is 3. The van der Waals surface area contributed by atoms with Crippen molar-refractivity contribution in [2.45, 2.75) is 38.3 Å². The predicted octanol–water partition coefficient (Wildman–Crippen LogP) is 2.43. The largest absolute Gasteiger partial charge is 0.378 e. The van der Waals surface area contributed by atoms with Crippen molar-refractivity contribution in [1.29, 1.82) is 5.26 Å². The Labute approximate surface area is 146 Å². The molecule has 2 fully saturated rings. The zero-order valence-corrected chi connectivity index (χ0v) is 14.2. The number of rotatable bonds is 4. The molecule has 2 aromatic rings. The molecule has 2 amide bonds. The first-order valence-corrected chi connectivity index (χ1v) is 8.87. The van der Waals surface area contributed by atoms with Gasteiger partial charge in [0.2, 0.25) is 0 Å². The minimum Gasteiger partial charge on any atom is -0.378 e. The summed E-state index contributed by atoms with van der Waals surface area (Å²) in [5.41, 5.74) is 2.10. The molecule has 0 bridgehead atoms. The van der Waals surface area contributed by atoms with Gasteiger partial charge >= 0.3 is 6.03 Å². The molecule has 130 valence electrons. The topological polar surface area (TPSA) is 96.8 Å². The van der Waals surface area contributed by atoms with Crippen LogP contribution in [0.2, 0.25) is 0 Å². The molecule has 0 unspecified atom stereocenters. The number of hydrogen-bond acceptors (Lipinski definition) is 4. The van der Waals surface area contributed by atoms with E-state index in [1.807, 2.05) is 17.2 Å². The lowest BCUT2D eigenvalue weighted by Crippen LogP contribution is -2.40. The molecule has 1 saturated carbocycles. The molecule has 3 N–H and O–H groups in total. The summed E-state index contributed by atoms with van der Waals surface area (Å²) in [5, 5.41) is 17.0. The maximum Gasteiger partial charge on any atom is 0.317 e. The van der Waals surface area contributed by atoms with Gasteiger partial charge in [-0.1, -0.05) is 6.92 Å². The van der Waals surface area contributed by atoms with E-state index in [1.165, 1.54) is 0 Å². The molecule has 25 heavy (non-hydrogen) atoms. The van der Waals surface area contributed by atoms with Crippen molar-refractivity contribution < 1.29 is 4.79 Å². The summed E-state index contributed by atoms with van der Waals surface area (Å²) in [4.78, 5) is 21.6. The van der Waals surface area contributed by atoms with E-state index in [-0.39, 0.29) is 12.1 Å². The fraction of sp³-hybridized carbons (Fsp3) is 0.500. The molecule has 0 aromatic carbocycles. The van der Waals surface area contributed by atoms with Crippen molar-refractivity contribution in [3.8, 4) is 6.07 Å². The molecule has 1 aliphatic heterocycles. The van der Waals surface area contributed by atoms with E-state index in [9.17, 15) is 10.1 Å². The Morgan fingerprint density at radius 1 is 1.48 bits per heavy atom. The number of nitrogens with one attached hydrogen (secondary N) is 3. The first-order valence-electron chi connectivity index (χ1n) is 8.87. The van der Waals surface area contributed by atoms with Crippen molar-refractivity contribution >= 4 is 22.8 Å². The number of urea groups is 1. The van der Waals surface area contributed by atoms with Gasteiger partial charge in [0, 0.05) is 43.0 Å². The summed E-state index contributed by atoms with van der Waals surface area (Å²) >= 11 is 0. The van der Waals surface area contributed by atoms with Crippen molar-refractivity contribution in [2.24, 2.45) is 5.92 Å². The van der Waals surface area contributed by atoms with Gasteiger partial charge in [-0.3, -0.25) is 0 Å². The fourth-order valence-electron chi connectivity index (χ4n) is 3.54. The van der Waals surface area contributed by atoms with E-state index in [4.69, 9.17) is 0 Å². The van der Waals surface area contributed by atoms with Gasteiger partial charge in [-0.05, 0) is 31.2 Å². The van der Waals surface area contributed by atoms with Crippen LogP contribution >= 0.6 is 0 Å². The molecular formula is C18H22N6O. The summed E-state index contributed by atoms with van der Waals surface area (Å²) < 4.78 is 0. The average Bonchev–Trinajstić information content (AvgIpc) is 3.14. The summed E-state index contributed by atoms with van der Waals surface area (Å²) in [7, 11) is 0. The Morgan fingerprint density at radius 2 is 2.32 bits per heavy atom. The average molecular weight is 338 g/mol. The molecule has 1 saturated heterocycles. The number of amides is 2. The Morgan fingerprint density at radius 3 is 3.04 bits per heavy atom. The van der Waals surface area contributed by atoms with Gasteiger partial charge in [0.25, 0.3) is 0 Å². The first kappa shape index (κ1) is 15.8. The van der Waals surface area contributed by atoms with E-state index >= 15 is 0 Å². The normalized spacial score (nSPS) is 22.8. The fourth-order valence-corrected chi connectivity index (χ4v) is 3.54. The summed E-state index contributed by atoms with van der Waals surface area (Å²) in [6, 6.07) is 4.68. The highest BCUT2D eigenvalue weighted by Crippen LogP contribution is 2.30. The van der Waals surface area contributed by atoms with Gasteiger partial charge in [0.1, 0.15) is 11.7 Å². The van der Waals surface area contributed by atoms with Gasteiger partial charge in [0.05, 0.1) is 11.3 Å². The maximum absolute atomic E-state index is 12.4. The highest BCUT2D eigenvalue weighted by molar-refractivity contribution is 5.92. The highest BCUT2D eigenvalue weighted by Gasteiger charge is 2.36. The van der Waals surface area contributed by atoms with Gasteiger partial charge in [0.15, 0.2) is 0 Å². The Hall–Kier alpha value is -2.75. The minimum absolute atomic E-state index is 0.0345. The molecule has 4 rings (SSSR count). The molecule has 3 heterocycles. The van der Waals surface area contributed by atoms with Crippen LogP contribution in [-0.2, 0) is 0 Å². The third-order valence-electron chi connectivity index (χ3n) is 5.19. The third kappa shape index (κ3) is 3.00. The monoisotopic (exact) mass is 338 g/mol.